The number of nitrogens with zero attached hydrogens (tertiary/aromatic N) is 1. The third-order valence-corrected chi connectivity index (χ3v) is 5.26. The number of allylic oxidation sites excluding steroid dienone is 2. The van der Waals surface area contributed by atoms with Crippen molar-refractivity contribution >= 4 is 23.7 Å². The molecule has 0 bridgehead atoms. The van der Waals surface area contributed by atoms with Gasteiger partial charge in [0.05, 0.1) is 11.8 Å². The third kappa shape index (κ3) is 4.70. The first-order valence-corrected chi connectivity index (χ1v) is 9.58. The van der Waals surface area contributed by atoms with Crippen molar-refractivity contribution in [3.05, 3.63) is 47.8 Å². The monoisotopic (exact) mass is 402 g/mol. The van der Waals surface area contributed by atoms with Gasteiger partial charge in [0.15, 0.2) is 6.61 Å². The number of imide groups is 1. The van der Waals surface area contributed by atoms with Crippen molar-refractivity contribution in [3.8, 4) is 0 Å². The lowest BCUT2D eigenvalue weighted by Gasteiger charge is -2.21. The molecule has 2 aliphatic rings. The molecule has 1 aromatic rings. The fourth-order valence-electron chi connectivity index (χ4n) is 3.62. The van der Waals surface area contributed by atoms with E-state index in [0.29, 0.717) is 25.8 Å². The molecule has 0 aromatic heterocycles. The molecular formula is C21H23FN2O5. The number of hydrogen-bond acceptors (Lipinski definition) is 5. The fraction of sp³-hybridized carbons (Fsp3) is 0.429. The average Bonchev–Trinajstić information content (AvgIpc) is 2.98. The molecule has 1 saturated heterocycles. The molecule has 3 atom stereocenters. The van der Waals surface area contributed by atoms with Gasteiger partial charge in [-0.15, -0.1) is 0 Å². The highest BCUT2D eigenvalue weighted by Crippen LogP contribution is 2.36. The lowest BCUT2D eigenvalue weighted by Crippen LogP contribution is -2.45. The maximum absolute atomic E-state index is 12.9. The molecule has 8 heteroatoms. The molecule has 1 aromatic carbocycles. The maximum atomic E-state index is 12.9. The Hall–Kier alpha value is -3.03. The van der Waals surface area contributed by atoms with E-state index < -0.39 is 36.4 Å². The number of benzene rings is 1. The fourth-order valence-corrected chi connectivity index (χ4v) is 3.62. The van der Waals surface area contributed by atoms with E-state index in [1.807, 2.05) is 12.2 Å². The van der Waals surface area contributed by atoms with Crippen LogP contribution in [-0.4, -0.2) is 47.8 Å². The van der Waals surface area contributed by atoms with Gasteiger partial charge < -0.3 is 10.1 Å². The number of fused-ring (bicyclic) bond motifs is 1. The van der Waals surface area contributed by atoms with Crippen LogP contribution < -0.4 is 5.32 Å². The first kappa shape index (κ1) is 20.7. The zero-order valence-corrected chi connectivity index (χ0v) is 16.1. The zero-order chi connectivity index (χ0) is 21.0. The Labute approximate surface area is 167 Å². The molecule has 154 valence electrons. The van der Waals surface area contributed by atoms with Gasteiger partial charge in [-0.2, -0.15) is 0 Å². The van der Waals surface area contributed by atoms with E-state index in [0.717, 1.165) is 10.5 Å². The van der Waals surface area contributed by atoms with Crippen LogP contribution in [0.2, 0.25) is 0 Å². The Morgan fingerprint density at radius 3 is 2.31 bits per heavy atom. The molecule has 3 rings (SSSR count). The van der Waals surface area contributed by atoms with E-state index in [9.17, 15) is 23.6 Å². The molecule has 0 unspecified atom stereocenters. The number of nitrogens with one attached hydrogen (secondary N) is 1. The normalized spacial score (nSPS) is 21.7. The van der Waals surface area contributed by atoms with Gasteiger partial charge in [-0.3, -0.25) is 19.3 Å². The predicted octanol–water partition coefficient (Wildman–Crippen LogP) is 1.37. The van der Waals surface area contributed by atoms with Crippen molar-refractivity contribution in [2.24, 2.45) is 11.8 Å². The first-order valence-electron chi connectivity index (χ1n) is 9.58. The van der Waals surface area contributed by atoms with Crippen LogP contribution in [0.15, 0.2) is 36.4 Å². The summed E-state index contributed by atoms with van der Waals surface area (Å²) in [6, 6.07) is 4.86. The second-order valence-corrected chi connectivity index (χ2v) is 7.21. The first-order chi connectivity index (χ1) is 13.9. The van der Waals surface area contributed by atoms with Crippen molar-refractivity contribution in [3.63, 3.8) is 0 Å². The SMILES string of the molecule is C[C@@H](C(=O)OCC(=O)NCCc1ccc(F)cc1)N1C(=O)[C@@H]2CC=CC[C@H]2C1=O. The van der Waals surface area contributed by atoms with Crippen LogP contribution in [0, 0.1) is 17.7 Å². The van der Waals surface area contributed by atoms with E-state index in [2.05, 4.69) is 5.32 Å². The molecule has 29 heavy (non-hydrogen) atoms. The highest BCUT2D eigenvalue weighted by atomic mass is 19.1. The van der Waals surface area contributed by atoms with Gasteiger partial charge in [0.25, 0.3) is 5.91 Å². The van der Waals surface area contributed by atoms with E-state index in [-0.39, 0.29) is 17.6 Å². The summed E-state index contributed by atoms with van der Waals surface area (Å²) in [5.41, 5.74) is 0.860. The van der Waals surface area contributed by atoms with Crippen molar-refractivity contribution in [2.45, 2.75) is 32.2 Å². The van der Waals surface area contributed by atoms with Crippen LogP contribution in [0.3, 0.4) is 0 Å². The number of esters is 1. The molecule has 1 fully saturated rings. The Bertz CT molecular complexity index is 810. The number of amides is 3. The minimum atomic E-state index is -1.08. The number of carbonyl (C=O) groups excluding carboxylic acids is 4. The number of likely N-dealkylation sites (tertiary alicyclic amines) is 1. The largest absolute Gasteiger partial charge is 0.454 e. The molecular weight excluding hydrogens is 379 g/mol. The molecule has 1 N–H and O–H groups in total. The summed E-state index contributed by atoms with van der Waals surface area (Å²) in [7, 11) is 0. The van der Waals surface area contributed by atoms with Crippen LogP contribution in [-0.2, 0) is 30.3 Å². The van der Waals surface area contributed by atoms with E-state index >= 15 is 0 Å². The molecule has 7 nitrogen and oxygen atoms in total. The van der Waals surface area contributed by atoms with Gasteiger partial charge in [0.2, 0.25) is 11.8 Å². The Balaban J connectivity index is 1.43. The zero-order valence-electron chi connectivity index (χ0n) is 16.1. The van der Waals surface area contributed by atoms with Crippen LogP contribution in [0.5, 0.6) is 0 Å². The topological polar surface area (TPSA) is 92.8 Å². The maximum Gasteiger partial charge on any atom is 0.329 e. The molecule has 0 saturated carbocycles. The molecule has 0 spiro atoms. The minimum absolute atomic E-state index is 0.303. The van der Waals surface area contributed by atoms with Gasteiger partial charge in [-0.05, 0) is 43.9 Å². The number of halogens is 1. The number of rotatable bonds is 7. The van der Waals surface area contributed by atoms with Gasteiger partial charge in [0, 0.05) is 6.54 Å². The van der Waals surface area contributed by atoms with Crippen LogP contribution >= 0.6 is 0 Å². The molecule has 3 amide bonds. The quantitative estimate of drug-likeness (QED) is 0.422. The summed E-state index contributed by atoms with van der Waals surface area (Å²) in [6.45, 7) is 1.23. The molecule has 1 aliphatic heterocycles. The summed E-state index contributed by atoms with van der Waals surface area (Å²) in [5, 5.41) is 2.60. The predicted molar refractivity (Wildman–Crippen MR) is 101 cm³/mol. The second kappa shape index (κ2) is 8.98. The molecule has 1 aliphatic carbocycles. The lowest BCUT2D eigenvalue weighted by molar-refractivity contribution is -0.159. The average molecular weight is 402 g/mol. The van der Waals surface area contributed by atoms with Gasteiger partial charge in [-0.25, -0.2) is 9.18 Å². The van der Waals surface area contributed by atoms with E-state index in [4.69, 9.17) is 4.74 Å². The lowest BCUT2D eigenvalue weighted by atomic mass is 9.85. The third-order valence-electron chi connectivity index (χ3n) is 5.26. The number of hydrogen-bond donors (Lipinski definition) is 1. The van der Waals surface area contributed by atoms with Gasteiger partial charge >= 0.3 is 5.97 Å². The van der Waals surface area contributed by atoms with Crippen molar-refractivity contribution in [1.29, 1.82) is 0 Å². The minimum Gasteiger partial charge on any atom is -0.454 e. The molecule has 0 radical (unpaired) electrons. The summed E-state index contributed by atoms with van der Waals surface area (Å²) in [5.74, 6) is -3.19. The van der Waals surface area contributed by atoms with Crippen LogP contribution in [0.1, 0.15) is 25.3 Å². The van der Waals surface area contributed by atoms with Crippen molar-refractivity contribution in [1.82, 2.24) is 10.2 Å². The van der Waals surface area contributed by atoms with Crippen LogP contribution in [0.25, 0.3) is 0 Å². The summed E-state index contributed by atoms with van der Waals surface area (Å²) >= 11 is 0. The Morgan fingerprint density at radius 1 is 1.14 bits per heavy atom. The van der Waals surface area contributed by atoms with Crippen molar-refractivity contribution in [2.75, 3.05) is 13.2 Å². The number of ether oxygens (including phenoxy) is 1. The highest BCUT2D eigenvalue weighted by molar-refractivity contribution is 6.08. The van der Waals surface area contributed by atoms with Crippen molar-refractivity contribution < 1.29 is 28.3 Å². The number of carbonyl (C=O) groups is 4. The summed E-state index contributed by atoms with van der Waals surface area (Å²) < 4.78 is 17.8. The highest BCUT2D eigenvalue weighted by Gasteiger charge is 2.50. The summed E-state index contributed by atoms with van der Waals surface area (Å²) in [4.78, 5) is 50.1. The Morgan fingerprint density at radius 2 is 1.72 bits per heavy atom. The van der Waals surface area contributed by atoms with E-state index in [1.165, 1.54) is 19.1 Å². The summed E-state index contributed by atoms with van der Waals surface area (Å²) in [6.07, 6.45) is 5.22. The van der Waals surface area contributed by atoms with E-state index in [1.54, 1.807) is 12.1 Å². The van der Waals surface area contributed by atoms with Gasteiger partial charge in [-0.1, -0.05) is 24.3 Å². The second-order valence-electron chi connectivity index (χ2n) is 7.21. The smallest absolute Gasteiger partial charge is 0.329 e. The Kier molecular flexibility index (Phi) is 6.41. The standard InChI is InChI=1S/C21H23FN2O5/c1-13(24-19(26)16-4-2-3-5-17(16)20(24)27)21(28)29-12-18(25)23-11-10-14-6-8-15(22)9-7-14/h2-3,6-9,13,16-17H,4-5,10-12H2,1H3,(H,23,25)/t13-,16+,17+/m0/s1. The van der Waals surface area contributed by atoms with Gasteiger partial charge in [0.1, 0.15) is 11.9 Å². The van der Waals surface area contributed by atoms with Crippen LogP contribution in [0.4, 0.5) is 4.39 Å². The molecule has 1 heterocycles.